The number of anilines is 2. The van der Waals surface area contributed by atoms with E-state index in [1.54, 1.807) is 12.1 Å². The van der Waals surface area contributed by atoms with Crippen LogP contribution in [0.5, 0.6) is 0 Å². The normalized spacial score (nSPS) is 18.9. The molecular weight excluding hydrogens is 274 g/mol. The zero-order valence-electron chi connectivity index (χ0n) is 12.0. The summed E-state index contributed by atoms with van der Waals surface area (Å²) in [5.41, 5.74) is 1.93. The first-order valence-corrected chi connectivity index (χ1v) is 8.08. The Kier molecular flexibility index (Phi) is 5.11. The van der Waals surface area contributed by atoms with Crippen LogP contribution in [0, 0.1) is 10.1 Å². The molecule has 1 heterocycles. The van der Waals surface area contributed by atoms with Crippen LogP contribution < -0.4 is 10.2 Å². The summed E-state index contributed by atoms with van der Waals surface area (Å²) in [6.07, 6.45) is 1.14. The third kappa shape index (κ3) is 3.56. The van der Waals surface area contributed by atoms with Crippen molar-refractivity contribution in [2.24, 2.45) is 0 Å². The Morgan fingerprint density at radius 1 is 1.45 bits per heavy atom. The molecule has 0 aromatic heterocycles. The minimum Gasteiger partial charge on any atom is -0.385 e. The van der Waals surface area contributed by atoms with Crippen LogP contribution in [0.25, 0.3) is 0 Å². The van der Waals surface area contributed by atoms with E-state index in [9.17, 15) is 10.1 Å². The number of benzene rings is 1. The number of nitrogens with one attached hydrogen (secondary N) is 1. The molecule has 1 unspecified atom stereocenters. The minimum atomic E-state index is -0.319. The summed E-state index contributed by atoms with van der Waals surface area (Å²) in [6.45, 7) is 6.86. The lowest BCUT2D eigenvalue weighted by Gasteiger charge is -2.33. The summed E-state index contributed by atoms with van der Waals surface area (Å²) in [7, 11) is 0. The van der Waals surface area contributed by atoms with E-state index in [4.69, 9.17) is 0 Å². The van der Waals surface area contributed by atoms with Crippen molar-refractivity contribution in [3.63, 3.8) is 0 Å². The molecule has 1 aromatic carbocycles. The average Bonchev–Trinajstić information content (AvgIpc) is 2.47. The Labute approximate surface area is 123 Å². The molecule has 0 amide bonds. The zero-order valence-corrected chi connectivity index (χ0v) is 12.8. The van der Waals surface area contributed by atoms with Gasteiger partial charge in [-0.2, -0.15) is 11.8 Å². The second-order valence-electron chi connectivity index (χ2n) is 4.87. The third-order valence-electron chi connectivity index (χ3n) is 3.45. The number of hydrogen-bond acceptors (Lipinski definition) is 5. The molecule has 0 spiro atoms. The molecule has 1 atom stereocenters. The molecule has 0 bridgehead atoms. The monoisotopic (exact) mass is 295 g/mol. The predicted molar refractivity (Wildman–Crippen MR) is 86.0 cm³/mol. The van der Waals surface area contributed by atoms with E-state index in [0.717, 1.165) is 43.2 Å². The van der Waals surface area contributed by atoms with Crippen molar-refractivity contribution >= 4 is 28.8 Å². The highest BCUT2D eigenvalue weighted by Crippen LogP contribution is 2.31. The van der Waals surface area contributed by atoms with E-state index in [-0.39, 0.29) is 10.6 Å². The first kappa shape index (κ1) is 15.0. The maximum Gasteiger partial charge on any atom is 0.273 e. The molecule has 1 aromatic rings. The zero-order chi connectivity index (χ0) is 14.5. The van der Waals surface area contributed by atoms with Crippen LogP contribution >= 0.6 is 11.8 Å². The number of non-ortho nitro benzene ring substituents is 1. The van der Waals surface area contributed by atoms with Gasteiger partial charge in [0, 0.05) is 54.1 Å². The van der Waals surface area contributed by atoms with Gasteiger partial charge in [-0.25, -0.2) is 0 Å². The average molecular weight is 295 g/mol. The second kappa shape index (κ2) is 6.83. The summed E-state index contributed by atoms with van der Waals surface area (Å²) in [5, 5.41) is 14.9. The van der Waals surface area contributed by atoms with E-state index in [1.165, 1.54) is 0 Å². The molecule has 0 saturated carbocycles. The Balaban J connectivity index is 2.27. The van der Waals surface area contributed by atoms with E-state index in [1.807, 2.05) is 24.8 Å². The first-order valence-electron chi connectivity index (χ1n) is 7.04. The molecule has 1 N–H and O–H groups in total. The molecule has 1 aliphatic heterocycles. The predicted octanol–water partition coefficient (Wildman–Crippen LogP) is 3.36. The number of nitro benzene ring substituents is 1. The molecule has 110 valence electrons. The number of hydrogen-bond donors (Lipinski definition) is 1. The second-order valence-corrected chi connectivity index (χ2v) is 6.28. The van der Waals surface area contributed by atoms with Gasteiger partial charge in [0.2, 0.25) is 0 Å². The lowest BCUT2D eigenvalue weighted by Crippen LogP contribution is -2.37. The standard InChI is InChI=1S/C14H21N3O2S/c1-3-14-10-16(5-6-20-14)12-7-11(15-4-2)8-13(9-12)17(18)19/h7-9,14-15H,3-6,10H2,1-2H3. The fourth-order valence-electron chi connectivity index (χ4n) is 2.39. The van der Waals surface area contributed by atoms with Crippen molar-refractivity contribution < 1.29 is 4.92 Å². The van der Waals surface area contributed by atoms with E-state index < -0.39 is 0 Å². The summed E-state index contributed by atoms with van der Waals surface area (Å²) in [4.78, 5) is 13.0. The number of thioether (sulfide) groups is 1. The van der Waals surface area contributed by atoms with Gasteiger partial charge >= 0.3 is 0 Å². The summed E-state index contributed by atoms with van der Waals surface area (Å²) < 4.78 is 0. The highest BCUT2D eigenvalue weighted by Gasteiger charge is 2.21. The van der Waals surface area contributed by atoms with Gasteiger partial charge in [0.15, 0.2) is 0 Å². The van der Waals surface area contributed by atoms with Gasteiger partial charge in [-0.3, -0.25) is 10.1 Å². The van der Waals surface area contributed by atoms with Crippen LogP contribution in [0.4, 0.5) is 17.1 Å². The molecule has 5 nitrogen and oxygen atoms in total. The van der Waals surface area contributed by atoms with Crippen molar-refractivity contribution in [3.8, 4) is 0 Å². The maximum absolute atomic E-state index is 11.1. The van der Waals surface area contributed by atoms with Crippen molar-refractivity contribution in [1.82, 2.24) is 0 Å². The van der Waals surface area contributed by atoms with Gasteiger partial charge in [0.1, 0.15) is 0 Å². The maximum atomic E-state index is 11.1. The lowest BCUT2D eigenvalue weighted by atomic mass is 10.2. The van der Waals surface area contributed by atoms with Gasteiger partial charge in [-0.15, -0.1) is 0 Å². The topological polar surface area (TPSA) is 58.4 Å². The Morgan fingerprint density at radius 3 is 2.90 bits per heavy atom. The van der Waals surface area contributed by atoms with Crippen LogP contribution in [-0.2, 0) is 0 Å². The summed E-state index contributed by atoms with van der Waals surface area (Å²) in [6, 6.07) is 5.30. The molecular formula is C14H21N3O2S. The number of rotatable bonds is 5. The molecule has 1 aliphatic rings. The SMILES string of the molecule is CCNc1cc(N2CCSC(CC)C2)cc([N+](=O)[O-])c1. The lowest BCUT2D eigenvalue weighted by molar-refractivity contribution is -0.384. The van der Waals surface area contributed by atoms with Crippen LogP contribution in [-0.4, -0.2) is 35.6 Å². The highest BCUT2D eigenvalue weighted by atomic mass is 32.2. The quantitative estimate of drug-likeness (QED) is 0.667. The molecule has 6 heteroatoms. The highest BCUT2D eigenvalue weighted by molar-refractivity contribution is 8.00. The fourth-order valence-corrected chi connectivity index (χ4v) is 3.57. The largest absolute Gasteiger partial charge is 0.385 e. The Hall–Kier alpha value is -1.43. The van der Waals surface area contributed by atoms with Crippen LogP contribution in [0.15, 0.2) is 18.2 Å². The van der Waals surface area contributed by atoms with Crippen LogP contribution in [0.1, 0.15) is 20.3 Å². The minimum absolute atomic E-state index is 0.157. The molecule has 2 rings (SSSR count). The van der Waals surface area contributed by atoms with Gasteiger partial charge < -0.3 is 10.2 Å². The molecule has 1 saturated heterocycles. The Morgan fingerprint density at radius 2 is 2.25 bits per heavy atom. The van der Waals surface area contributed by atoms with Crippen molar-refractivity contribution in [2.75, 3.05) is 35.6 Å². The van der Waals surface area contributed by atoms with Crippen LogP contribution in [0.3, 0.4) is 0 Å². The Bertz CT molecular complexity index is 481. The van der Waals surface area contributed by atoms with Crippen molar-refractivity contribution in [2.45, 2.75) is 25.5 Å². The van der Waals surface area contributed by atoms with E-state index in [0.29, 0.717) is 5.25 Å². The summed E-state index contributed by atoms with van der Waals surface area (Å²) in [5.74, 6) is 1.08. The van der Waals surface area contributed by atoms with Gasteiger partial charge in [-0.05, 0) is 19.4 Å². The first-order chi connectivity index (χ1) is 9.63. The fraction of sp³-hybridized carbons (Fsp3) is 0.571. The molecule has 0 radical (unpaired) electrons. The van der Waals surface area contributed by atoms with Crippen molar-refractivity contribution in [3.05, 3.63) is 28.3 Å². The van der Waals surface area contributed by atoms with Gasteiger partial charge in [-0.1, -0.05) is 6.92 Å². The van der Waals surface area contributed by atoms with Gasteiger partial charge in [0.25, 0.3) is 5.69 Å². The van der Waals surface area contributed by atoms with E-state index >= 15 is 0 Å². The number of nitro groups is 1. The summed E-state index contributed by atoms with van der Waals surface area (Å²) >= 11 is 2.00. The van der Waals surface area contributed by atoms with Crippen molar-refractivity contribution in [1.29, 1.82) is 0 Å². The third-order valence-corrected chi connectivity index (χ3v) is 4.83. The smallest absolute Gasteiger partial charge is 0.273 e. The van der Waals surface area contributed by atoms with Gasteiger partial charge in [0.05, 0.1) is 4.92 Å². The van der Waals surface area contributed by atoms with E-state index in [2.05, 4.69) is 17.1 Å². The molecule has 1 fully saturated rings. The van der Waals surface area contributed by atoms with Crippen LogP contribution in [0.2, 0.25) is 0 Å². The molecule has 0 aliphatic carbocycles. The number of nitrogens with zero attached hydrogens (tertiary/aromatic N) is 2. The molecule has 20 heavy (non-hydrogen) atoms.